The molecule has 0 spiro atoms. The predicted molar refractivity (Wildman–Crippen MR) is 124 cm³/mol. The molecule has 0 N–H and O–H groups in total. The van der Waals surface area contributed by atoms with Crippen LogP contribution in [0.5, 0.6) is 0 Å². The quantitative estimate of drug-likeness (QED) is 0.597. The van der Waals surface area contributed by atoms with Crippen molar-refractivity contribution in [3.63, 3.8) is 0 Å². The van der Waals surface area contributed by atoms with E-state index in [1.165, 1.54) is 10.3 Å². The number of likely N-dealkylation sites (tertiary alicyclic amines) is 1. The van der Waals surface area contributed by atoms with E-state index in [2.05, 4.69) is 58.3 Å². The summed E-state index contributed by atoms with van der Waals surface area (Å²) in [5, 5.41) is 1.07. The normalized spacial score (nSPS) is 20.6. The lowest BCUT2D eigenvalue weighted by Gasteiger charge is -2.38. The molecular formula is C25H29N3OS. The summed E-state index contributed by atoms with van der Waals surface area (Å²) in [5.74, 6) is 1.16. The summed E-state index contributed by atoms with van der Waals surface area (Å²) >= 11 is 1.74. The molecule has 5 rings (SSSR count). The highest BCUT2D eigenvalue weighted by Gasteiger charge is 2.32. The number of hydrogen-bond donors (Lipinski definition) is 0. The Kier molecular flexibility index (Phi) is 5.71. The average Bonchev–Trinajstić information content (AvgIpc) is 3.24. The molecule has 1 aromatic heterocycles. The number of piperidine rings is 2. The number of thiazole rings is 1. The van der Waals surface area contributed by atoms with E-state index in [-0.39, 0.29) is 5.92 Å². The van der Waals surface area contributed by atoms with Crippen LogP contribution < -0.4 is 4.90 Å². The molecule has 1 unspecified atom stereocenters. The Balaban J connectivity index is 1.18. The van der Waals surface area contributed by atoms with Crippen LogP contribution in [0.25, 0.3) is 10.2 Å². The molecule has 3 aromatic rings. The maximum atomic E-state index is 13.2. The third-order valence-electron chi connectivity index (χ3n) is 6.62. The van der Waals surface area contributed by atoms with E-state index in [1.54, 1.807) is 11.3 Å². The smallest absolute Gasteiger partial charge is 0.227 e. The van der Waals surface area contributed by atoms with Crippen molar-refractivity contribution in [3.8, 4) is 0 Å². The first-order chi connectivity index (χ1) is 14.8. The van der Waals surface area contributed by atoms with Gasteiger partial charge in [-0.15, -0.1) is 0 Å². The lowest BCUT2D eigenvalue weighted by atomic mass is 9.89. The van der Waals surface area contributed by atoms with Crippen molar-refractivity contribution < 1.29 is 4.79 Å². The fourth-order valence-electron chi connectivity index (χ4n) is 4.91. The number of para-hydroxylation sites is 1. The van der Waals surface area contributed by atoms with Crippen LogP contribution >= 0.6 is 11.3 Å². The van der Waals surface area contributed by atoms with Gasteiger partial charge in [0.05, 0.1) is 16.1 Å². The van der Waals surface area contributed by atoms with Gasteiger partial charge in [0.25, 0.3) is 0 Å². The molecule has 156 valence electrons. The number of benzene rings is 2. The average molecular weight is 420 g/mol. The number of hydrogen-bond acceptors (Lipinski definition) is 4. The van der Waals surface area contributed by atoms with Gasteiger partial charge in [0, 0.05) is 26.2 Å². The number of carbonyl (C=O) groups excluding carboxylic acids is 1. The van der Waals surface area contributed by atoms with Crippen molar-refractivity contribution in [2.75, 3.05) is 31.1 Å². The van der Waals surface area contributed by atoms with Gasteiger partial charge in [-0.05, 0) is 55.7 Å². The SMILES string of the molecule is O=C(C1CCCN(c2nc3ccccc3s2)C1)N1CCC(Cc2ccccc2)CC1. The Bertz CT molecular complexity index is 961. The van der Waals surface area contributed by atoms with Gasteiger partial charge in [-0.1, -0.05) is 53.8 Å². The highest BCUT2D eigenvalue weighted by Crippen LogP contribution is 2.32. The zero-order valence-corrected chi connectivity index (χ0v) is 18.2. The molecule has 1 amide bonds. The Hall–Kier alpha value is -2.40. The fourth-order valence-corrected chi connectivity index (χ4v) is 5.91. The van der Waals surface area contributed by atoms with Gasteiger partial charge in [-0.2, -0.15) is 0 Å². The molecule has 2 aromatic carbocycles. The van der Waals surface area contributed by atoms with E-state index in [1.807, 2.05) is 6.07 Å². The second-order valence-electron chi connectivity index (χ2n) is 8.71. The summed E-state index contributed by atoms with van der Waals surface area (Å²) in [7, 11) is 0. The molecular weight excluding hydrogens is 390 g/mol. The number of anilines is 1. The van der Waals surface area contributed by atoms with Gasteiger partial charge in [-0.25, -0.2) is 4.98 Å². The number of rotatable bonds is 4. The van der Waals surface area contributed by atoms with Crippen LogP contribution in [0.2, 0.25) is 0 Å². The molecule has 4 nitrogen and oxygen atoms in total. The summed E-state index contributed by atoms with van der Waals surface area (Å²) in [6, 6.07) is 19.1. The zero-order chi connectivity index (χ0) is 20.3. The van der Waals surface area contributed by atoms with Crippen molar-refractivity contribution in [1.29, 1.82) is 0 Å². The van der Waals surface area contributed by atoms with Gasteiger partial charge in [0.1, 0.15) is 0 Å². The van der Waals surface area contributed by atoms with Gasteiger partial charge in [-0.3, -0.25) is 4.79 Å². The maximum absolute atomic E-state index is 13.2. The highest BCUT2D eigenvalue weighted by atomic mass is 32.1. The minimum Gasteiger partial charge on any atom is -0.347 e. The predicted octanol–water partition coefficient (Wildman–Crippen LogP) is 4.99. The lowest BCUT2D eigenvalue weighted by molar-refractivity contribution is -0.137. The van der Waals surface area contributed by atoms with Crippen LogP contribution in [0.15, 0.2) is 54.6 Å². The molecule has 0 bridgehead atoms. The fraction of sp³-hybridized carbons (Fsp3) is 0.440. The third-order valence-corrected chi connectivity index (χ3v) is 7.71. The monoisotopic (exact) mass is 419 g/mol. The molecule has 30 heavy (non-hydrogen) atoms. The van der Waals surface area contributed by atoms with Crippen LogP contribution in [-0.2, 0) is 11.2 Å². The highest BCUT2D eigenvalue weighted by molar-refractivity contribution is 7.22. The standard InChI is InChI=1S/C25H29N3OS/c29-24(27-15-12-20(13-16-27)17-19-7-2-1-3-8-19)21-9-6-14-28(18-21)25-26-22-10-4-5-11-23(22)30-25/h1-5,7-8,10-11,20-21H,6,9,12-18H2. The largest absolute Gasteiger partial charge is 0.347 e. The first-order valence-corrected chi connectivity index (χ1v) is 12.0. The Morgan fingerprint density at radius 3 is 2.53 bits per heavy atom. The number of fused-ring (bicyclic) bond motifs is 1. The van der Waals surface area contributed by atoms with Gasteiger partial charge < -0.3 is 9.80 Å². The first kappa shape index (κ1) is 19.6. The second-order valence-corrected chi connectivity index (χ2v) is 9.72. The van der Waals surface area contributed by atoms with Gasteiger partial charge >= 0.3 is 0 Å². The van der Waals surface area contributed by atoms with Crippen molar-refractivity contribution >= 4 is 32.6 Å². The molecule has 3 heterocycles. The zero-order valence-electron chi connectivity index (χ0n) is 17.4. The van der Waals surface area contributed by atoms with Crippen molar-refractivity contribution in [3.05, 3.63) is 60.2 Å². The van der Waals surface area contributed by atoms with Crippen LogP contribution in [0.1, 0.15) is 31.2 Å². The molecule has 2 aliphatic heterocycles. The first-order valence-electron chi connectivity index (χ1n) is 11.2. The van der Waals surface area contributed by atoms with Gasteiger partial charge in [0.15, 0.2) is 5.13 Å². The molecule has 1 atom stereocenters. The third kappa shape index (κ3) is 4.22. The molecule has 0 saturated carbocycles. The van der Waals surface area contributed by atoms with Crippen LogP contribution in [0.4, 0.5) is 5.13 Å². The van der Waals surface area contributed by atoms with Crippen molar-refractivity contribution in [2.24, 2.45) is 11.8 Å². The van der Waals surface area contributed by atoms with E-state index in [9.17, 15) is 4.79 Å². The number of nitrogens with zero attached hydrogens (tertiary/aromatic N) is 3. The summed E-state index contributed by atoms with van der Waals surface area (Å²) in [4.78, 5) is 22.5. The van der Waals surface area contributed by atoms with Crippen LogP contribution in [0.3, 0.4) is 0 Å². The molecule has 2 saturated heterocycles. The summed E-state index contributed by atoms with van der Waals surface area (Å²) in [6.07, 6.45) is 5.45. The Morgan fingerprint density at radius 2 is 1.73 bits per heavy atom. The summed E-state index contributed by atoms with van der Waals surface area (Å²) in [6.45, 7) is 3.63. The van der Waals surface area contributed by atoms with E-state index in [4.69, 9.17) is 4.98 Å². The molecule has 0 radical (unpaired) electrons. The van der Waals surface area contributed by atoms with E-state index in [0.717, 1.165) is 68.9 Å². The number of amides is 1. The minimum absolute atomic E-state index is 0.108. The molecule has 5 heteroatoms. The molecule has 2 fully saturated rings. The molecule has 2 aliphatic rings. The summed E-state index contributed by atoms with van der Waals surface area (Å²) in [5.41, 5.74) is 2.48. The van der Waals surface area contributed by atoms with Crippen molar-refractivity contribution in [2.45, 2.75) is 32.1 Å². The van der Waals surface area contributed by atoms with Crippen LogP contribution in [-0.4, -0.2) is 42.0 Å². The number of carbonyl (C=O) groups is 1. The van der Waals surface area contributed by atoms with Crippen LogP contribution in [0, 0.1) is 11.8 Å². The topological polar surface area (TPSA) is 36.4 Å². The van der Waals surface area contributed by atoms with Crippen molar-refractivity contribution in [1.82, 2.24) is 9.88 Å². The van der Waals surface area contributed by atoms with E-state index < -0.39 is 0 Å². The Morgan fingerprint density at radius 1 is 0.967 bits per heavy atom. The second kappa shape index (κ2) is 8.76. The number of aromatic nitrogens is 1. The van der Waals surface area contributed by atoms with Gasteiger partial charge in [0.2, 0.25) is 5.91 Å². The van der Waals surface area contributed by atoms with E-state index in [0.29, 0.717) is 11.8 Å². The summed E-state index contributed by atoms with van der Waals surface area (Å²) < 4.78 is 1.22. The lowest BCUT2D eigenvalue weighted by Crippen LogP contribution is -2.47. The van der Waals surface area contributed by atoms with E-state index >= 15 is 0 Å². The minimum atomic E-state index is 0.108. The Labute approximate surface area is 182 Å². The maximum Gasteiger partial charge on any atom is 0.227 e. The molecule has 0 aliphatic carbocycles.